The molecule has 1 rings (SSSR count). The van der Waals surface area contributed by atoms with Crippen molar-refractivity contribution in [3.05, 3.63) is 0 Å². The summed E-state index contributed by atoms with van der Waals surface area (Å²) in [6.45, 7) is 7.91. The van der Waals surface area contributed by atoms with Crippen molar-refractivity contribution in [2.75, 3.05) is 19.6 Å². The quantitative estimate of drug-likeness (QED) is 0.521. The Hall–Kier alpha value is -0.0800. The maximum absolute atomic E-state index is 5.67. The molecule has 1 aliphatic rings. The highest BCUT2D eigenvalue weighted by Crippen LogP contribution is 2.48. The van der Waals surface area contributed by atoms with Gasteiger partial charge in [-0.15, -0.1) is 0 Å². The summed E-state index contributed by atoms with van der Waals surface area (Å²) in [5.41, 5.74) is 6.38. The van der Waals surface area contributed by atoms with Gasteiger partial charge < -0.3 is 11.1 Å². The van der Waals surface area contributed by atoms with Gasteiger partial charge >= 0.3 is 0 Å². The summed E-state index contributed by atoms with van der Waals surface area (Å²) >= 11 is 0. The van der Waals surface area contributed by atoms with Crippen LogP contribution in [0.3, 0.4) is 0 Å². The van der Waals surface area contributed by atoms with E-state index in [2.05, 4.69) is 19.2 Å². The lowest BCUT2D eigenvalue weighted by Crippen LogP contribution is -2.25. The molecule has 0 bridgehead atoms. The van der Waals surface area contributed by atoms with E-state index in [-0.39, 0.29) is 0 Å². The summed E-state index contributed by atoms with van der Waals surface area (Å²) in [4.78, 5) is 0. The molecule has 1 aliphatic carbocycles. The van der Waals surface area contributed by atoms with E-state index in [0.29, 0.717) is 5.41 Å². The first kappa shape index (κ1) is 16.0. The summed E-state index contributed by atoms with van der Waals surface area (Å²) in [5.74, 6) is 0.868. The Labute approximate surface area is 114 Å². The van der Waals surface area contributed by atoms with Gasteiger partial charge in [0.05, 0.1) is 0 Å². The fourth-order valence-electron chi connectivity index (χ4n) is 3.17. The number of hydrogen-bond acceptors (Lipinski definition) is 2. The topological polar surface area (TPSA) is 38.0 Å². The molecular formula is C16H34N2. The average Bonchev–Trinajstić information content (AvgIpc) is 3.10. The number of rotatable bonds is 12. The van der Waals surface area contributed by atoms with Crippen LogP contribution in [0.15, 0.2) is 0 Å². The molecule has 0 aromatic heterocycles. The molecule has 3 N–H and O–H groups in total. The molecule has 0 radical (unpaired) electrons. The largest absolute Gasteiger partial charge is 0.330 e. The first-order valence-electron chi connectivity index (χ1n) is 8.17. The molecule has 1 unspecified atom stereocenters. The summed E-state index contributed by atoms with van der Waals surface area (Å²) in [6.07, 6.45) is 12.2. The molecule has 0 aromatic rings. The number of nitrogens with two attached hydrogens (primary N) is 1. The van der Waals surface area contributed by atoms with Gasteiger partial charge in [0, 0.05) is 6.54 Å². The van der Waals surface area contributed by atoms with Gasteiger partial charge in [-0.05, 0) is 62.9 Å². The minimum absolute atomic E-state index is 0.703. The lowest BCUT2D eigenvalue weighted by molar-refractivity contribution is 0.384. The van der Waals surface area contributed by atoms with Crippen molar-refractivity contribution in [1.29, 1.82) is 0 Å². The van der Waals surface area contributed by atoms with Crippen LogP contribution in [0.2, 0.25) is 0 Å². The molecule has 18 heavy (non-hydrogen) atoms. The van der Waals surface area contributed by atoms with Crippen molar-refractivity contribution in [1.82, 2.24) is 5.32 Å². The van der Waals surface area contributed by atoms with Gasteiger partial charge in [-0.3, -0.25) is 0 Å². The van der Waals surface area contributed by atoms with Crippen LogP contribution in [0, 0.1) is 11.3 Å². The van der Waals surface area contributed by atoms with Crippen LogP contribution in [0.25, 0.3) is 0 Å². The monoisotopic (exact) mass is 254 g/mol. The molecular weight excluding hydrogens is 220 g/mol. The van der Waals surface area contributed by atoms with Gasteiger partial charge in [0.15, 0.2) is 0 Å². The van der Waals surface area contributed by atoms with Gasteiger partial charge in [-0.2, -0.15) is 0 Å². The molecule has 0 aromatic carbocycles. The second-order valence-electron chi connectivity index (χ2n) is 6.30. The zero-order chi connectivity index (χ0) is 13.3. The van der Waals surface area contributed by atoms with E-state index in [4.69, 9.17) is 5.73 Å². The highest BCUT2D eigenvalue weighted by Gasteiger charge is 2.40. The molecule has 0 saturated heterocycles. The molecule has 0 heterocycles. The zero-order valence-electron chi connectivity index (χ0n) is 12.6. The van der Waals surface area contributed by atoms with Gasteiger partial charge in [0.25, 0.3) is 0 Å². The van der Waals surface area contributed by atoms with Gasteiger partial charge in [0.1, 0.15) is 0 Å². The van der Waals surface area contributed by atoms with Gasteiger partial charge in [-0.25, -0.2) is 0 Å². The second-order valence-corrected chi connectivity index (χ2v) is 6.30. The normalized spacial score (nSPS) is 18.8. The highest BCUT2D eigenvalue weighted by atomic mass is 14.9. The zero-order valence-corrected chi connectivity index (χ0v) is 12.6. The van der Waals surface area contributed by atoms with Crippen LogP contribution in [0.4, 0.5) is 0 Å². The summed E-state index contributed by atoms with van der Waals surface area (Å²) in [5, 5.41) is 3.68. The third-order valence-corrected chi connectivity index (χ3v) is 4.48. The van der Waals surface area contributed by atoms with Crippen LogP contribution in [-0.2, 0) is 0 Å². The Morgan fingerprint density at radius 1 is 1.11 bits per heavy atom. The number of nitrogens with one attached hydrogen (secondary N) is 1. The SMILES string of the molecule is CCCC(CCN)CCCNCC1(CCC)CC1. The van der Waals surface area contributed by atoms with E-state index < -0.39 is 0 Å². The van der Waals surface area contributed by atoms with Crippen LogP contribution in [0.1, 0.15) is 71.6 Å². The first-order chi connectivity index (χ1) is 8.76. The van der Waals surface area contributed by atoms with Crippen molar-refractivity contribution in [2.24, 2.45) is 17.1 Å². The highest BCUT2D eigenvalue weighted by molar-refractivity contribution is 4.94. The molecule has 0 amide bonds. The van der Waals surface area contributed by atoms with E-state index in [1.54, 1.807) is 0 Å². The van der Waals surface area contributed by atoms with E-state index in [9.17, 15) is 0 Å². The summed E-state index contributed by atoms with van der Waals surface area (Å²) < 4.78 is 0. The standard InChI is InChI=1S/C16H34N2/c1-3-6-15(8-12-17)7-5-13-18-14-16(9-4-2)10-11-16/h15,18H,3-14,17H2,1-2H3. The number of hydrogen-bond donors (Lipinski definition) is 2. The Morgan fingerprint density at radius 2 is 1.89 bits per heavy atom. The van der Waals surface area contributed by atoms with Crippen LogP contribution in [-0.4, -0.2) is 19.6 Å². The third kappa shape index (κ3) is 6.19. The van der Waals surface area contributed by atoms with E-state index in [1.807, 2.05) is 0 Å². The predicted octanol–water partition coefficient (Wildman–Crippen LogP) is 3.70. The van der Waals surface area contributed by atoms with E-state index >= 15 is 0 Å². The van der Waals surface area contributed by atoms with Crippen LogP contribution >= 0.6 is 0 Å². The minimum Gasteiger partial charge on any atom is -0.330 e. The maximum atomic E-state index is 5.67. The summed E-state index contributed by atoms with van der Waals surface area (Å²) in [7, 11) is 0. The van der Waals surface area contributed by atoms with E-state index in [1.165, 1.54) is 70.9 Å². The Kier molecular flexibility index (Phi) is 7.92. The van der Waals surface area contributed by atoms with E-state index in [0.717, 1.165) is 12.5 Å². The molecule has 1 atom stereocenters. The molecule has 1 fully saturated rings. The average molecular weight is 254 g/mol. The Bertz CT molecular complexity index is 193. The molecule has 0 spiro atoms. The third-order valence-electron chi connectivity index (χ3n) is 4.48. The first-order valence-corrected chi connectivity index (χ1v) is 8.17. The van der Waals surface area contributed by atoms with Crippen molar-refractivity contribution in [3.63, 3.8) is 0 Å². The molecule has 0 aliphatic heterocycles. The fourth-order valence-corrected chi connectivity index (χ4v) is 3.17. The van der Waals surface area contributed by atoms with Gasteiger partial charge in [0.2, 0.25) is 0 Å². The predicted molar refractivity (Wildman–Crippen MR) is 80.7 cm³/mol. The van der Waals surface area contributed by atoms with Crippen molar-refractivity contribution in [3.8, 4) is 0 Å². The lowest BCUT2D eigenvalue weighted by Gasteiger charge is -2.17. The molecule has 2 heteroatoms. The van der Waals surface area contributed by atoms with Crippen molar-refractivity contribution >= 4 is 0 Å². The summed E-state index contributed by atoms with van der Waals surface area (Å²) in [6, 6.07) is 0. The van der Waals surface area contributed by atoms with Crippen LogP contribution in [0.5, 0.6) is 0 Å². The molecule has 2 nitrogen and oxygen atoms in total. The van der Waals surface area contributed by atoms with Crippen molar-refractivity contribution < 1.29 is 0 Å². The van der Waals surface area contributed by atoms with Crippen molar-refractivity contribution in [2.45, 2.75) is 71.6 Å². The maximum Gasteiger partial charge on any atom is 0.000781 e. The lowest BCUT2D eigenvalue weighted by atomic mass is 9.94. The molecule has 108 valence electrons. The minimum atomic E-state index is 0.703. The Morgan fingerprint density at radius 3 is 2.44 bits per heavy atom. The smallest absolute Gasteiger partial charge is 0.000781 e. The Balaban J connectivity index is 2.00. The van der Waals surface area contributed by atoms with Crippen LogP contribution < -0.4 is 11.1 Å². The van der Waals surface area contributed by atoms with Gasteiger partial charge in [-0.1, -0.05) is 33.1 Å². The fraction of sp³-hybridized carbons (Fsp3) is 1.00. The molecule has 1 saturated carbocycles. The second kappa shape index (κ2) is 8.92.